The minimum absolute atomic E-state index is 0.0577. The Morgan fingerprint density at radius 1 is 1.40 bits per heavy atom. The summed E-state index contributed by atoms with van der Waals surface area (Å²) in [6.45, 7) is 4.20. The van der Waals surface area contributed by atoms with E-state index in [9.17, 15) is 4.79 Å². The Bertz CT molecular complexity index is 200. The fourth-order valence-corrected chi connectivity index (χ4v) is 3.15. The molecule has 0 atom stereocenters. The Labute approximate surface area is 96.9 Å². The summed E-state index contributed by atoms with van der Waals surface area (Å²) in [7, 11) is 0. The molecule has 86 valence electrons. The molecule has 15 heavy (non-hydrogen) atoms. The van der Waals surface area contributed by atoms with Gasteiger partial charge in [-0.1, -0.05) is 25.8 Å². The molecule has 1 aliphatic rings. The SMILES string of the molecule is C=CC(=O)NCCCSC1CCCCC1. The number of nitrogens with one attached hydrogen (secondary N) is 1. The largest absolute Gasteiger partial charge is 0.353 e. The molecule has 1 amide bonds. The summed E-state index contributed by atoms with van der Waals surface area (Å²) in [5.74, 6) is 1.11. The molecule has 0 saturated heterocycles. The second-order valence-corrected chi connectivity index (χ2v) is 5.39. The molecule has 1 fully saturated rings. The smallest absolute Gasteiger partial charge is 0.243 e. The van der Waals surface area contributed by atoms with Gasteiger partial charge in [0, 0.05) is 11.8 Å². The monoisotopic (exact) mass is 227 g/mol. The lowest BCUT2D eigenvalue weighted by Gasteiger charge is -2.20. The van der Waals surface area contributed by atoms with Crippen LogP contribution in [0.2, 0.25) is 0 Å². The van der Waals surface area contributed by atoms with Crippen LogP contribution in [0.25, 0.3) is 0 Å². The van der Waals surface area contributed by atoms with Crippen LogP contribution in [0.3, 0.4) is 0 Å². The van der Waals surface area contributed by atoms with Crippen LogP contribution in [0, 0.1) is 0 Å². The van der Waals surface area contributed by atoms with Crippen LogP contribution in [0.1, 0.15) is 38.5 Å². The summed E-state index contributed by atoms with van der Waals surface area (Å²) in [6.07, 6.45) is 9.42. The second kappa shape index (κ2) is 7.80. The van der Waals surface area contributed by atoms with Crippen molar-refractivity contribution in [1.82, 2.24) is 5.32 Å². The number of carbonyl (C=O) groups excluding carboxylic acids is 1. The molecule has 1 saturated carbocycles. The first kappa shape index (κ1) is 12.6. The van der Waals surface area contributed by atoms with E-state index in [1.165, 1.54) is 43.9 Å². The summed E-state index contributed by atoms with van der Waals surface area (Å²) < 4.78 is 0. The van der Waals surface area contributed by atoms with Crippen molar-refractivity contribution in [3.63, 3.8) is 0 Å². The van der Waals surface area contributed by atoms with Gasteiger partial charge in [-0.2, -0.15) is 11.8 Å². The maximum absolute atomic E-state index is 10.8. The van der Waals surface area contributed by atoms with Crippen molar-refractivity contribution in [2.24, 2.45) is 0 Å². The van der Waals surface area contributed by atoms with E-state index in [2.05, 4.69) is 23.7 Å². The molecule has 1 N–H and O–H groups in total. The molecule has 0 heterocycles. The van der Waals surface area contributed by atoms with Gasteiger partial charge in [0.2, 0.25) is 5.91 Å². The standard InChI is InChI=1S/C12H21NOS/c1-2-12(14)13-9-6-10-15-11-7-4-3-5-8-11/h2,11H,1,3-10H2,(H,13,14). The van der Waals surface area contributed by atoms with Gasteiger partial charge in [0.05, 0.1) is 0 Å². The fraction of sp³-hybridized carbons (Fsp3) is 0.750. The number of carbonyl (C=O) groups is 1. The van der Waals surface area contributed by atoms with Gasteiger partial charge in [0.15, 0.2) is 0 Å². The van der Waals surface area contributed by atoms with Crippen molar-refractivity contribution in [2.45, 2.75) is 43.8 Å². The molecule has 1 rings (SSSR count). The molecule has 3 heteroatoms. The highest BCUT2D eigenvalue weighted by Gasteiger charge is 2.12. The molecular formula is C12H21NOS. The Balaban J connectivity index is 1.91. The van der Waals surface area contributed by atoms with E-state index in [1.807, 2.05) is 0 Å². The molecule has 0 aromatic heterocycles. The maximum Gasteiger partial charge on any atom is 0.243 e. The summed E-state index contributed by atoms with van der Waals surface area (Å²) in [5.41, 5.74) is 0. The zero-order valence-corrected chi connectivity index (χ0v) is 10.2. The van der Waals surface area contributed by atoms with Crippen molar-refractivity contribution in [3.8, 4) is 0 Å². The quantitative estimate of drug-likeness (QED) is 0.558. The Kier molecular flexibility index (Phi) is 6.57. The lowest BCUT2D eigenvalue weighted by Crippen LogP contribution is -2.22. The fourth-order valence-electron chi connectivity index (χ4n) is 1.84. The molecule has 0 aliphatic heterocycles. The lowest BCUT2D eigenvalue weighted by molar-refractivity contribution is -0.116. The molecule has 2 nitrogen and oxygen atoms in total. The van der Waals surface area contributed by atoms with Gasteiger partial charge < -0.3 is 5.32 Å². The van der Waals surface area contributed by atoms with Gasteiger partial charge in [-0.25, -0.2) is 0 Å². The van der Waals surface area contributed by atoms with E-state index in [4.69, 9.17) is 0 Å². The first-order valence-electron chi connectivity index (χ1n) is 5.85. The Morgan fingerprint density at radius 3 is 2.80 bits per heavy atom. The molecule has 0 aromatic carbocycles. The van der Waals surface area contributed by atoms with Crippen molar-refractivity contribution in [1.29, 1.82) is 0 Å². The normalized spacial score (nSPS) is 17.3. The van der Waals surface area contributed by atoms with E-state index in [0.29, 0.717) is 0 Å². The average Bonchev–Trinajstić information content (AvgIpc) is 2.29. The number of amides is 1. The predicted octanol–water partition coefficient (Wildman–Crippen LogP) is 2.74. The van der Waals surface area contributed by atoms with E-state index in [-0.39, 0.29) is 5.91 Å². The number of hydrogen-bond acceptors (Lipinski definition) is 2. The van der Waals surface area contributed by atoms with Crippen molar-refractivity contribution in [3.05, 3.63) is 12.7 Å². The van der Waals surface area contributed by atoms with E-state index in [1.54, 1.807) is 0 Å². The van der Waals surface area contributed by atoms with E-state index >= 15 is 0 Å². The zero-order valence-electron chi connectivity index (χ0n) is 9.34. The molecule has 0 bridgehead atoms. The third-order valence-corrected chi connectivity index (χ3v) is 4.18. The summed E-state index contributed by atoms with van der Waals surface area (Å²) in [5, 5.41) is 3.68. The molecular weight excluding hydrogens is 206 g/mol. The van der Waals surface area contributed by atoms with E-state index < -0.39 is 0 Å². The van der Waals surface area contributed by atoms with Crippen LogP contribution in [0.15, 0.2) is 12.7 Å². The Hall–Kier alpha value is -0.440. The molecule has 0 radical (unpaired) electrons. The number of hydrogen-bond donors (Lipinski definition) is 1. The zero-order chi connectivity index (χ0) is 10.9. The first-order valence-corrected chi connectivity index (χ1v) is 6.89. The van der Waals surface area contributed by atoms with Crippen LogP contribution >= 0.6 is 11.8 Å². The van der Waals surface area contributed by atoms with Gasteiger partial charge in [-0.15, -0.1) is 0 Å². The van der Waals surface area contributed by atoms with Crippen molar-refractivity contribution < 1.29 is 4.79 Å². The number of thioether (sulfide) groups is 1. The highest BCUT2D eigenvalue weighted by atomic mass is 32.2. The molecule has 0 aromatic rings. The van der Waals surface area contributed by atoms with Crippen LogP contribution in [0.5, 0.6) is 0 Å². The van der Waals surface area contributed by atoms with Crippen LogP contribution in [0.4, 0.5) is 0 Å². The number of rotatable bonds is 6. The first-order chi connectivity index (χ1) is 7.33. The van der Waals surface area contributed by atoms with Gasteiger partial charge >= 0.3 is 0 Å². The predicted molar refractivity (Wildman–Crippen MR) is 67.2 cm³/mol. The van der Waals surface area contributed by atoms with E-state index in [0.717, 1.165) is 18.2 Å². The summed E-state index contributed by atoms with van der Waals surface area (Å²) in [4.78, 5) is 10.8. The van der Waals surface area contributed by atoms with Gasteiger partial charge in [-0.05, 0) is 31.1 Å². The molecule has 0 unspecified atom stereocenters. The third kappa shape index (κ3) is 5.88. The minimum atomic E-state index is -0.0577. The second-order valence-electron chi connectivity index (χ2n) is 3.98. The summed E-state index contributed by atoms with van der Waals surface area (Å²) >= 11 is 2.08. The molecule has 0 spiro atoms. The lowest BCUT2D eigenvalue weighted by atomic mass is 10.0. The van der Waals surface area contributed by atoms with Crippen molar-refractivity contribution in [2.75, 3.05) is 12.3 Å². The summed E-state index contributed by atoms with van der Waals surface area (Å²) in [6, 6.07) is 0. The minimum Gasteiger partial charge on any atom is -0.353 e. The Morgan fingerprint density at radius 2 is 2.13 bits per heavy atom. The average molecular weight is 227 g/mol. The highest BCUT2D eigenvalue weighted by Crippen LogP contribution is 2.28. The van der Waals surface area contributed by atoms with Gasteiger partial charge in [0.25, 0.3) is 0 Å². The van der Waals surface area contributed by atoms with Gasteiger partial charge in [-0.3, -0.25) is 4.79 Å². The molecule has 1 aliphatic carbocycles. The maximum atomic E-state index is 10.8. The van der Waals surface area contributed by atoms with Gasteiger partial charge in [0.1, 0.15) is 0 Å². The highest BCUT2D eigenvalue weighted by molar-refractivity contribution is 7.99. The van der Waals surface area contributed by atoms with Crippen molar-refractivity contribution >= 4 is 17.7 Å². The van der Waals surface area contributed by atoms with Crippen LogP contribution in [-0.2, 0) is 4.79 Å². The topological polar surface area (TPSA) is 29.1 Å². The third-order valence-electron chi connectivity index (χ3n) is 2.71. The van der Waals surface area contributed by atoms with Crippen LogP contribution in [-0.4, -0.2) is 23.5 Å². The van der Waals surface area contributed by atoms with Crippen LogP contribution < -0.4 is 5.32 Å².